The van der Waals surface area contributed by atoms with Crippen molar-refractivity contribution in [3.05, 3.63) is 11.6 Å². The van der Waals surface area contributed by atoms with Crippen LogP contribution in [0, 0.1) is 5.92 Å². The molecule has 0 saturated heterocycles. The molecule has 0 radical (unpaired) electrons. The van der Waals surface area contributed by atoms with E-state index in [0.717, 1.165) is 12.5 Å². The Balaban J connectivity index is 2.47. The molecule has 0 aromatic rings. The summed E-state index contributed by atoms with van der Waals surface area (Å²) in [5.41, 5.74) is 1.48. The van der Waals surface area contributed by atoms with E-state index in [9.17, 15) is 0 Å². The molecule has 0 bridgehead atoms. The topological polar surface area (TPSA) is 12.0 Å². The first-order chi connectivity index (χ1) is 4.20. The van der Waals surface area contributed by atoms with E-state index in [-0.39, 0.29) is 0 Å². The van der Waals surface area contributed by atoms with Gasteiger partial charge in [0.1, 0.15) is 0 Å². The van der Waals surface area contributed by atoms with Gasteiger partial charge in [0.05, 0.1) is 0 Å². The summed E-state index contributed by atoms with van der Waals surface area (Å²) in [7, 11) is 0. The maximum Gasteiger partial charge on any atom is 0.0279 e. The van der Waals surface area contributed by atoms with Gasteiger partial charge in [-0.3, -0.25) is 0 Å². The zero-order valence-corrected chi connectivity index (χ0v) is 6.44. The minimum Gasteiger partial charge on any atom is -0.307 e. The predicted molar refractivity (Wildman–Crippen MR) is 40.4 cm³/mol. The van der Waals surface area contributed by atoms with Crippen LogP contribution < -0.4 is 5.32 Å². The summed E-state index contributed by atoms with van der Waals surface area (Å²) in [6.07, 6.45) is 2.32. The molecule has 1 nitrogen and oxygen atoms in total. The van der Waals surface area contributed by atoms with Gasteiger partial charge in [0.15, 0.2) is 0 Å². The highest BCUT2D eigenvalue weighted by atomic mass is 14.9. The van der Waals surface area contributed by atoms with Crippen LogP contribution in [0.15, 0.2) is 11.6 Å². The lowest BCUT2D eigenvalue weighted by molar-refractivity contribution is 0.503. The van der Waals surface area contributed by atoms with Gasteiger partial charge in [-0.2, -0.15) is 0 Å². The van der Waals surface area contributed by atoms with E-state index >= 15 is 0 Å². The van der Waals surface area contributed by atoms with Crippen LogP contribution >= 0.6 is 0 Å². The molecule has 1 atom stereocenters. The molecule has 1 heteroatoms. The summed E-state index contributed by atoms with van der Waals surface area (Å²) in [5, 5.41) is 3.41. The van der Waals surface area contributed by atoms with Crippen molar-refractivity contribution in [2.24, 2.45) is 5.92 Å². The summed E-state index contributed by atoms with van der Waals surface area (Å²) >= 11 is 0. The molecule has 9 heavy (non-hydrogen) atoms. The van der Waals surface area contributed by atoms with Crippen LogP contribution in [0.1, 0.15) is 20.8 Å². The van der Waals surface area contributed by atoms with Gasteiger partial charge in [-0.05, 0) is 12.8 Å². The standard InChI is InChI=1S/C8H15N/c1-6(2)8-4-7(3)5-9-8/h4,6,8-9H,5H2,1-3H3. The molecule has 0 amide bonds. The fourth-order valence-corrected chi connectivity index (χ4v) is 1.13. The van der Waals surface area contributed by atoms with Crippen LogP contribution in [0.3, 0.4) is 0 Å². The molecule has 0 aliphatic carbocycles. The molecule has 1 rings (SSSR count). The van der Waals surface area contributed by atoms with Crippen molar-refractivity contribution >= 4 is 0 Å². The van der Waals surface area contributed by atoms with Crippen molar-refractivity contribution in [2.75, 3.05) is 6.54 Å². The highest BCUT2D eigenvalue weighted by molar-refractivity contribution is 5.13. The molecular weight excluding hydrogens is 110 g/mol. The Bertz CT molecular complexity index is 125. The molecule has 1 unspecified atom stereocenters. The maximum atomic E-state index is 3.41. The Hall–Kier alpha value is -0.300. The fourth-order valence-electron chi connectivity index (χ4n) is 1.13. The van der Waals surface area contributed by atoms with Crippen LogP contribution in [0.2, 0.25) is 0 Å². The minimum absolute atomic E-state index is 0.630. The molecule has 0 spiro atoms. The number of hydrogen-bond donors (Lipinski definition) is 1. The second kappa shape index (κ2) is 2.53. The average molecular weight is 125 g/mol. The van der Waals surface area contributed by atoms with E-state index < -0.39 is 0 Å². The smallest absolute Gasteiger partial charge is 0.0279 e. The molecule has 0 saturated carbocycles. The number of hydrogen-bond acceptors (Lipinski definition) is 1. The van der Waals surface area contributed by atoms with Crippen molar-refractivity contribution in [2.45, 2.75) is 26.8 Å². The van der Waals surface area contributed by atoms with Crippen molar-refractivity contribution < 1.29 is 0 Å². The van der Waals surface area contributed by atoms with Crippen LogP contribution in [-0.4, -0.2) is 12.6 Å². The van der Waals surface area contributed by atoms with Crippen molar-refractivity contribution in [3.63, 3.8) is 0 Å². The second-order valence-corrected chi connectivity index (χ2v) is 3.16. The largest absolute Gasteiger partial charge is 0.307 e. The van der Waals surface area contributed by atoms with Gasteiger partial charge in [-0.1, -0.05) is 25.5 Å². The molecule has 0 fully saturated rings. The van der Waals surface area contributed by atoms with Crippen molar-refractivity contribution in [1.29, 1.82) is 0 Å². The molecule has 52 valence electrons. The predicted octanol–water partition coefficient (Wildman–Crippen LogP) is 1.56. The first kappa shape index (κ1) is 6.81. The summed E-state index contributed by atoms with van der Waals surface area (Å²) in [6, 6.07) is 0.630. The third-order valence-electron chi connectivity index (χ3n) is 1.80. The Morgan fingerprint density at radius 3 is 2.56 bits per heavy atom. The van der Waals surface area contributed by atoms with E-state index in [4.69, 9.17) is 0 Å². The van der Waals surface area contributed by atoms with Crippen LogP contribution in [0.4, 0.5) is 0 Å². The lowest BCUT2D eigenvalue weighted by Crippen LogP contribution is -2.27. The Kier molecular flexibility index (Phi) is 1.91. The third-order valence-corrected chi connectivity index (χ3v) is 1.80. The van der Waals surface area contributed by atoms with E-state index in [1.807, 2.05) is 0 Å². The second-order valence-electron chi connectivity index (χ2n) is 3.16. The van der Waals surface area contributed by atoms with Gasteiger partial charge < -0.3 is 5.32 Å². The Morgan fingerprint density at radius 1 is 1.67 bits per heavy atom. The van der Waals surface area contributed by atoms with Crippen LogP contribution in [0.25, 0.3) is 0 Å². The lowest BCUT2D eigenvalue weighted by Gasteiger charge is -2.11. The summed E-state index contributed by atoms with van der Waals surface area (Å²) in [5.74, 6) is 0.738. The van der Waals surface area contributed by atoms with Gasteiger partial charge >= 0.3 is 0 Å². The van der Waals surface area contributed by atoms with E-state index in [1.54, 1.807) is 0 Å². The normalized spacial score (nSPS) is 27.1. The monoisotopic (exact) mass is 125 g/mol. The zero-order valence-electron chi connectivity index (χ0n) is 6.44. The molecule has 1 heterocycles. The van der Waals surface area contributed by atoms with E-state index in [0.29, 0.717) is 6.04 Å². The number of rotatable bonds is 1. The molecule has 1 N–H and O–H groups in total. The SMILES string of the molecule is CC1=CC(C(C)C)NC1. The quantitative estimate of drug-likeness (QED) is 0.524. The van der Waals surface area contributed by atoms with Crippen LogP contribution in [-0.2, 0) is 0 Å². The first-order valence-electron chi connectivity index (χ1n) is 3.61. The van der Waals surface area contributed by atoms with Crippen molar-refractivity contribution in [3.8, 4) is 0 Å². The Morgan fingerprint density at radius 2 is 2.33 bits per heavy atom. The molecule has 0 aromatic heterocycles. The van der Waals surface area contributed by atoms with E-state index in [2.05, 4.69) is 32.2 Å². The van der Waals surface area contributed by atoms with Gasteiger partial charge in [-0.15, -0.1) is 0 Å². The zero-order chi connectivity index (χ0) is 6.85. The summed E-state index contributed by atoms with van der Waals surface area (Å²) < 4.78 is 0. The van der Waals surface area contributed by atoms with Crippen LogP contribution in [0.5, 0.6) is 0 Å². The highest BCUT2D eigenvalue weighted by Crippen LogP contribution is 2.11. The average Bonchev–Trinajstić information content (AvgIpc) is 2.14. The fraction of sp³-hybridized carbons (Fsp3) is 0.750. The minimum atomic E-state index is 0.630. The van der Waals surface area contributed by atoms with Gasteiger partial charge in [0, 0.05) is 12.6 Å². The van der Waals surface area contributed by atoms with Gasteiger partial charge in [0.25, 0.3) is 0 Å². The van der Waals surface area contributed by atoms with Gasteiger partial charge in [-0.25, -0.2) is 0 Å². The highest BCUT2D eigenvalue weighted by Gasteiger charge is 2.14. The number of nitrogens with one attached hydrogen (secondary N) is 1. The Labute approximate surface area is 57.1 Å². The molecule has 0 aromatic carbocycles. The summed E-state index contributed by atoms with van der Waals surface area (Å²) in [6.45, 7) is 7.75. The molecule has 1 aliphatic rings. The molecule has 1 aliphatic heterocycles. The van der Waals surface area contributed by atoms with Gasteiger partial charge in [0.2, 0.25) is 0 Å². The van der Waals surface area contributed by atoms with E-state index in [1.165, 1.54) is 5.57 Å². The molecular formula is C8H15N. The first-order valence-corrected chi connectivity index (χ1v) is 3.61. The maximum absolute atomic E-state index is 3.41. The lowest BCUT2D eigenvalue weighted by atomic mass is 10.1. The van der Waals surface area contributed by atoms with Crippen molar-refractivity contribution in [1.82, 2.24) is 5.32 Å². The summed E-state index contributed by atoms with van der Waals surface area (Å²) in [4.78, 5) is 0. The third kappa shape index (κ3) is 1.55.